The molecule has 0 bridgehead atoms. The van der Waals surface area contributed by atoms with Gasteiger partial charge in [0.2, 0.25) is 0 Å². The molecule has 0 fully saturated rings. The Morgan fingerprint density at radius 3 is 3.26 bits per heavy atom. The third-order valence-electron chi connectivity index (χ3n) is 3.25. The summed E-state index contributed by atoms with van der Waals surface area (Å²) in [5, 5.41) is 7.24. The zero-order valence-corrected chi connectivity index (χ0v) is 10.7. The predicted molar refractivity (Wildman–Crippen MR) is 66.4 cm³/mol. The lowest BCUT2D eigenvalue weighted by Gasteiger charge is -2.13. The topological polar surface area (TPSA) is 69.3 Å². The van der Waals surface area contributed by atoms with E-state index in [2.05, 4.69) is 10.4 Å². The Morgan fingerprint density at radius 2 is 2.47 bits per heavy atom. The van der Waals surface area contributed by atoms with Crippen LogP contribution in [0, 0.1) is 0 Å². The molecule has 0 saturated heterocycles. The van der Waals surface area contributed by atoms with Crippen molar-refractivity contribution in [3.05, 3.63) is 41.1 Å². The molecule has 0 aliphatic carbocycles. The average Bonchev–Trinajstić information content (AvgIpc) is 3.06. The Bertz CT molecular complexity index is 587. The Balaban J connectivity index is 1.72. The van der Waals surface area contributed by atoms with E-state index in [9.17, 15) is 4.79 Å². The van der Waals surface area contributed by atoms with Gasteiger partial charge in [-0.25, -0.2) is 0 Å². The average molecular weight is 261 g/mol. The number of aromatic nitrogens is 2. The highest BCUT2D eigenvalue weighted by molar-refractivity contribution is 5.91. The number of hydrogen-bond donors (Lipinski definition) is 1. The minimum Gasteiger partial charge on any atom is -0.459 e. The van der Waals surface area contributed by atoms with Crippen molar-refractivity contribution in [1.82, 2.24) is 15.1 Å². The van der Waals surface area contributed by atoms with Gasteiger partial charge in [-0.15, -0.1) is 0 Å². The first kappa shape index (κ1) is 12.0. The molecule has 0 atom stereocenters. The zero-order valence-electron chi connectivity index (χ0n) is 10.7. The van der Waals surface area contributed by atoms with Crippen molar-refractivity contribution >= 4 is 5.91 Å². The maximum atomic E-state index is 11.8. The summed E-state index contributed by atoms with van der Waals surface area (Å²) in [5.41, 5.74) is 3.14. The number of furan rings is 1. The van der Waals surface area contributed by atoms with Gasteiger partial charge in [0.1, 0.15) is 0 Å². The second-order valence-electron chi connectivity index (χ2n) is 4.46. The van der Waals surface area contributed by atoms with Crippen LogP contribution in [0.4, 0.5) is 0 Å². The van der Waals surface area contributed by atoms with Crippen LogP contribution in [-0.2, 0) is 31.4 Å². The molecule has 6 nitrogen and oxygen atoms in total. The fourth-order valence-corrected chi connectivity index (χ4v) is 2.29. The van der Waals surface area contributed by atoms with Gasteiger partial charge in [-0.2, -0.15) is 5.10 Å². The van der Waals surface area contributed by atoms with Crippen LogP contribution in [0.3, 0.4) is 0 Å². The van der Waals surface area contributed by atoms with Crippen molar-refractivity contribution in [2.45, 2.75) is 19.6 Å². The first-order chi connectivity index (χ1) is 9.25. The fourth-order valence-electron chi connectivity index (χ4n) is 2.29. The first-order valence-corrected chi connectivity index (χ1v) is 6.19. The highest BCUT2D eigenvalue weighted by Gasteiger charge is 2.20. The summed E-state index contributed by atoms with van der Waals surface area (Å²) in [6.07, 6.45) is 2.34. The molecule has 0 spiro atoms. The van der Waals surface area contributed by atoms with Crippen LogP contribution in [0.25, 0.3) is 0 Å². The van der Waals surface area contributed by atoms with Gasteiger partial charge in [0.15, 0.2) is 5.76 Å². The number of carbonyl (C=O) groups is 1. The molecule has 3 heterocycles. The zero-order chi connectivity index (χ0) is 13.2. The molecule has 2 aromatic rings. The molecule has 0 unspecified atom stereocenters. The molecule has 6 heteroatoms. The Morgan fingerprint density at radius 1 is 1.58 bits per heavy atom. The number of fused-ring (bicyclic) bond motifs is 1. The van der Waals surface area contributed by atoms with E-state index in [1.165, 1.54) is 12.0 Å². The fraction of sp³-hybridized carbons (Fsp3) is 0.385. The third-order valence-corrected chi connectivity index (χ3v) is 3.25. The molecular weight excluding hydrogens is 246 g/mol. The van der Waals surface area contributed by atoms with Crippen molar-refractivity contribution < 1.29 is 13.9 Å². The molecule has 3 rings (SSSR count). The van der Waals surface area contributed by atoms with Crippen LogP contribution in [0.1, 0.15) is 27.5 Å². The molecule has 19 heavy (non-hydrogen) atoms. The summed E-state index contributed by atoms with van der Waals surface area (Å²) in [6, 6.07) is 3.32. The maximum absolute atomic E-state index is 11.8. The molecule has 100 valence electrons. The van der Waals surface area contributed by atoms with E-state index < -0.39 is 0 Å². The highest BCUT2D eigenvalue weighted by atomic mass is 16.5. The summed E-state index contributed by atoms with van der Waals surface area (Å²) in [4.78, 5) is 11.8. The van der Waals surface area contributed by atoms with Crippen LogP contribution in [-0.4, -0.2) is 22.3 Å². The molecule has 1 aliphatic heterocycles. The van der Waals surface area contributed by atoms with Gasteiger partial charge in [-0.05, 0) is 12.1 Å². The standard InChI is InChI=1S/C13H15N3O3/c1-16-11-4-6-18-8-9(11)10(15-16)7-14-13(17)12-3-2-5-19-12/h2-3,5H,4,6-8H2,1H3,(H,14,17). The van der Waals surface area contributed by atoms with Gasteiger partial charge in [-0.3, -0.25) is 9.48 Å². The molecule has 0 aromatic carbocycles. The Hall–Kier alpha value is -2.08. The Kier molecular flexibility index (Phi) is 3.08. The number of ether oxygens (including phenoxy) is 1. The van der Waals surface area contributed by atoms with E-state index in [1.807, 2.05) is 11.7 Å². The third kappa shape index (κ3) is 2.26. The lowest BCUT2D eigenvalue weighted by Crippen LogP contribution is -2.23. The van der Waals surface area contributed by atoms with Crippen molar-refractivity contribution in [2.75, 3.05) is 6.61 Å². The quantitative estimate of drug-likeness (QED) is 0.895. The summed E-state index contributed by atoms with van der Waals surface area (Å²) >= 11 is 0. The molecule has 0 saturated carbocycles. The molecule has 1 aliphatic rings. The number of rotatable bonds is 3. The van der Waals surface area contributed by atoms with Gasteiger partial charge in [-0.1, -0.05) is 0 Å². The van der Waals surface area contributed by atoms with Gasteiger partial charge in [0.25, 0.3) is 5.91 Å². The van der Waals surface area contributed by atoms with Crippen molar-refractivity contribution in [3.63, 3.8) is 0 Å². The monoisotopic (exact) mass is 261 g/mol. The summed E-state index contributed by atoms with van der Waals surface area (Å²) in [5.74, 6) is 0.0715. The molecular formula is C13H15N3O3. The number of amides is 1. The first-order valence-electron chi connectivity index (χ1n) is 6.19. The lowest BCUT2D eigenvalue weighted by atomic mass is 10.1. The van der Waals surface area contributed by atoms with Crippen LogP contribution < -0.4 is 5.32 Å². The van der Waals surface area contributed by atoms with E-state index in [4.69, 9.17) is 9.15 Å². The van der Waals surface area contributed by atoms with Crippen molar-refractivity contribution in [1.29, 1.82) is 0 Å². The van der Waals surface area contributed by atoms with Crippen molar-refractivity contribution in [3.8, 4) is 0 Å². The summed E-state index contributed by atoms with van der Waals surface area (Å²) in [6.45, 7) is 1.67. The smallest absolute Gasteiger partial charge is 0.287 e. The minimum absolute atomic E-state index is 0.235. The highest BCUT2D eigenvalue weighted by Crippen LogP contribution is 2.20. The molecule has 0 radical (unpaired) electrons. The lowest BCUT2D eigenvalue weighted by molar-refractivity contribution is 0.0920. The van der Waals surface area contributed by atoms with Gasteiger partial charge in [0, 0.05) is 24.7 Å². The summed E-state index contributed by atoms with van der Waals surface area (Å²) < 4.78 is 12.4. The van der Waals surface area contributed by atoms with E-state index in [0.29, 0.717) is 18.9 Å². The second-order valence-corrected chi connectivity index (χ2v) is 4.46. The maximum Gasteiger partial charge on any atom is 0.287 e. The van der Waals surface area contributed by atoms with Crippen molar-refractivity contribution in [2.24, 2.45) is 7.05 Å². The number of carbonyl (C=O) groups excluding carboxylic acids is 1. The number of nitrogens with one attached hydrogen (secondary N) is 1. The number of nitrogens with zero attached hydrogens (tertiary/aromatic N) is 2. The van der Waals surface area contributed by atoms with Gasteiger partial charge >= 0.3 is 0 Å². The number of hydrogen-bond acceptors (Lipinski definition) is 4. The van der Waals surface area contributed by atoms with Gasteiger partial charge in [0.05, 0.1) is 31.7 Å². The van der Waals surface area contributed by atoms with Crippen LogP contribution in [0.15, 0.2) is 22.8 Å². The summed E-state index contributed by atoms with van der Waals surface area (Å²) in [7, 11) is 1.92. The molecule has 1 amide bonds. The molecule has 1 N–H and O–H groups in total. The largest absolute Gasteiger partial charge is 0.459 e. The van der Waals surface area contributed by atoms with E-state index in [1.54, 1.807) is 12.1 Å². The van der Waals surface area contributed by atoms with Gasteiger partial charge < -0.3 is 14.5 Å². The van der Waals surface area contributed by atoms with Crippen LogP contribution >= 0.6 is 0 Å². The van der Waals surface area contributed by atoms with E-state index in [-0.39, 0.29) is 5.91 Å². The molecule has 2 aromatic heterocycles. The minimum atomic E-state index is -0.235. The van der Waals surface area contributed by atoms with Crippen LogP contribution in [0.2, 0.25) is 0 Å². The van der Waals surface area contributed by atoms with Crippen LogP contribution in [0.5, 0.6) is 0 Å². The Labute approximate surface area is 110 Å². The second kappa shape index (κ2) is 4.89. The SMILES string of the molecule is Cn1nc(CNC(=O)c2ccco2)c2c1CCOC2. The van der Waals surface area contributed by atoms with E-state index >= 15 is 0 Å². The predicted octanol–water partition coefficient (Wildman–Crippen LogP) is 1.02. The van der Waals surface area contributed by atoms with E-state index in [0.717, 1.165) is 24.3 Å². The number of aryl methyl sites for hydroxylation is 1. The normalized spacial score (nSPS) is 14.2.